The number of carboxylic acids is 1. The first kappa shape index (κ1) is 33.4. The zero-order valence-corrected chi connectivity index (χ0v) is 26.2. The van der Waals surface area contributed by atoms with E-state index in [4.69, 9.17) is 19.9 Å². The first-order chi connectivity index (χ1) is 20.1. The number of cyclic esters (lactones) is 1. The van der Waals surface area contributed by atoms with E-state index in [-0.39, 0.29) is 18.7 Å². The molecule has 234 valence electrons. The van der Waals surface area contributed by atoms with E-state index < -0.39 is 23.9 Å². The van der Waals surface area contributed by atoms with E-state index in [1.165, 1.54) is 0 Å². The number of esters is 1. The van der Waals surface area contributed by atoms with Crippen LogP contribution < -0.4 is 15.4 Å². The summed E-state index contributed by atoms with van der Waals surface area (Å²) in [5.41, 5.74) is 9.94. The highest BCUT2D eigenvalue weighted by molar-refractivity contribution is 6.06. The van der Waals surface area contributed by atoms with E-state index in [1.54, 1.807) is 12.0 Å². The molecule has 10 heteroatoms. The maximum Gasteiger partial charge on any atom is 0.341 e. The average Bonchev–Trinajstić information content (AvgIpc) is 3.36. The molecule has 0 saturated carbocycles. The number of amides is 2. The molecule has 2 aliphatic rings. The van der Waals surface area contributed by atoms with E-state index >= 15 is 0 Å². The van der Waals surface area contributed by atoms with E-state index in [0.717, 1.165) is 36.8 Å². The van der Waals surface area contributed by atoms with Crippen molar-refractivity contribution in [3.05, 3.63) is 33.9 Å². The van der Waals surface area contributed by atoms with E-state index in [1.807, 2.05) is 33.8 Å². The Labute approximate surface area is 250 Å². The third-order valence-electron chi connectivity index (χ3n) is 8.69. The summed E-state index contributed by atoms with van der Waals surface area (Å²) in [6.07, 6.45) is 6.89. The zero-order valence-electron chi connectivity index (χ0n) is 26.2. The van der Waals surface area contributed by atoms with Gasteiger partial charge in [-0.05, 0) is 45.1 Å². The molecule has 2 aliphatic heterocycles. The molecule has 0 radical (unpaired) electrons. The molecule has 10 nitrogen and oxygen atoms in total. The van der Waals surface area contributed by atoms with E-state index in [0.29, 0.717) is 73.7 Å². The lowest BCUT2D eigenvalue weighted by Crippen LogP contribution is -2.49. The highest BCUT2D eigenvalue weighted by Gasteiger charge is 2.38. The Morgan fingerprint density at radius 2 is 1.86 bits per heavy atom. The van der Waals surface area contributed by atoms with Gasteiger partial charge in [-0.2, -0.15) is 0 Å². The minimum atomic E-state index is -0.822. The van der Waals surface area contributed by atoms with Gasteiger partial charge in [-0.15, -0.1) is 0 Å². The van der Waals surface area contributed by atoms with Gasteiger partial charge >= 0.3 is 18.0 Å². The highest BCUT2D eigenvalue weighted by Crippen LogP contribution is 2.44. The summed E-state index contributed by atoms with van der Waals surface area (Å²) in [5, 5.41) is 10.2. The van der Waals surface area contributed by atoms with Crippen molar-refractivity contribution in [1.82, 2.24) is 4.90 Å². The number of morpholine rings is 1. The number of primary amides is 1. The maximum atomic E-state index is 13.2. The molecule has 1 saturated heterocycles. The number of hydrogen-bond acceptors (Lipinski definition) is 7. The predicted octanol–water partition coefficient (Wildman–Crippen LogP) is 5.22. The minimum Gasteiger partial charge on any atom is -0.496 e. The molecule has 0 spiro atoms. The molecule has 2 amide bonds. The number of rotatable bonds is 15. The number of allylic oxidation sites excluding steroid dienone is 1. The molecule has 0 aliphatic carbocycles. The van der Waals surface area contributed by atoms with Gasteiger partial charge in [0.25, 0.3) is 0 Å². The Hall–Kier alpha value is -3.11. The summed E-state index contributed by atoms with van der Waals surface area (Å²) in [6, 6.07) is -1.16. The van der Waals surface area contributed by atoms with Crippen LogP contribution in [0.25, 0.3) is 0 Å². The minimum absolute atomic E-state index is 0.104. The molecule has 1 aromatic carbocycles. The fraction of sp³-hybridized carbons (Fsp3) is 0.656. The molecule has 3 rings (SSSR count). The highest BCUT2D eigenvalue weighted by atomic mass is 16.5. The van der Waals surface area contributed by atoms with Gasteiger partial charge in [-0.25, -0.2) is 9.59 Å². The number of nitrogens with zero attached hydrogens (tertiary/aromatic N) is 2. The number of carbonyl (C=O) groups is 3. The van der Waals surface area contributed by atoms with Crippen molar-refractivity contribution in [2.75, 3.05) is 38.3 Å². The number of anilines is 1. The number of carboxylic acid groups (broad SMARTS) is 1. The molecule has 0 aromatic heterocycles. The monoisotopic (exact) mass is 587 g/mol. The summed E-state index contributed by atoms with van der Waals surface area (Å²) < 4.78 is 17.0. The van der Waals surface area contributed by atoms with Gasteiger partial charge in [0.05, 0.1) is 37.5 Å². The van der Waals surface area contributed by atoms with Gasteiger partial charge < -0.3 is 25.1 Å². The quantitative estimate of drug-likeness (QED) is 0.211. The lowest BCUT2D eigenvalue weighted by Gasteiger charge is -2.38. The second-order valence-corrected chi connectivity index (χ2v) is 11.3. The number of nitrogens with two attached hydrogens (primary N) is 1. The van der Waals surface area contributed by atoms with Gasteiger partial charge in [0.15, 0.2) is 0 Å². The van der Waals surface area contributed by atoms with Crippen LogP contribution in [-0.4, -0.2) is 73.5 Å². The maximum absolute atomic E-state index is 13.2. The molecule has 3 unspecified atom stereocenters. The third kappa shape index (κ3) is 7.09. The van der Waals surface area contributed by atoms with Crippen molar-refractivity contribution in [3.63, 3.8) is 0 Å². The van der Waals surface area contributed by atoms with Gasteiger partial charge in [0.1, 0.15) is 12.4 Å². The summed E-state index contributed by atoms with van der Waals surface area (Å²) in [4.78, 5) is 42.6. The van der Waals surface area contributed by atoms with Crippen LogP contribution in [-0.2, 0) is 27.3 Å². The lowest BCUT2D eigenvalue weighted by atomic mass is 9.86. The number of unbranched alkanes of at least 4 members (excludes halogenated alkanes) is 1. The summed E-state index contributed by atoms with van der Waals surface area (Å²) in [5.74, 6) is -1.31. The molecule has 2 heterocycles. The third-order valence-corrected chi connectivity index (χ3v) is 8.69. The summed E-state index contributed by atoms with van der Waals surface area (Å²) in [6.45, 7) is 12.5. The predicted molar refractivity (Wildman–Crippen MR) is 162 cm³/mol. The second-order valence-electron chi connectivity index (χ2n) is 11.3. The first-order valence-electron chi connectivity index (χ1n) is 15.3. The SMILES string of the molecule is CCCCC(CC)N(C(N)=O)c1c(C/C=C(\C)C(C(CCC)C(=O)O)N2CCOCC2)c(OC)c(C)c2c1C(=O)OC2. The molecule has 1 fully saturated rings. The number of methoxy groups -OCH3 is 1. The van der Waals surface area contributed by atoms with Crippen LogP contribution in [0.3, 0.4) is 0 Å². The Balaban J connectivity index is 2.22. The van der Waals surface area contributed by atoms with Crippen LogP contribution in [0.2, 0.25) is 0 Å². The van der Waals surface area contributed by atoms with Crippen LogP contribution in [0, 0.1) is 12.8 Å². The molecule has 3 atom stereocenters. The standard InChI is InChI=1S/C32H49N3O7/c1-7-10-12-22(9-3)35(32(33)39)28-23(29(40-6)21(5)25-19-42-31(38)26(25)28)14-13-20(4)27(24(11-8-2)30(36)37)34-15-17-41-18-16-34/h13,22,24,27H,7-12,14-19H2,1-6H3,(H2,33,39)(H,36,37)/b20-13+. The van der Waals surface area contributed by atoms with Crippen molar-refractivity contribution >= 4 is 23.7 Å². The zero-order chi connectivity index (χ0) is 31.0. The first-order valence-corrected chi connectivity index (χ1v) is 15.3. The molecule has 42 heavy (non-hydrogen) atoms. The Bertz CT molecular complexity index is 1160. The number of ether oxygens (including phenoxy) is 3. The second kappa shape index (κ2) is 15.4. The van der Waals surface area contributed by atoms with Crippen LogP contribution in [0.4, 0.5) is 10.5 Å². The Morgan fingerprint density at radius 3 is 2.40 bits per heavy atom. The number of benzene rings is 1. The van der Waals surface area contributed by atoms with Gasteiger partial charge in [-0.3, -0.25) is 14.6 Å². The Morgan fingerprint density at radius 1 is 1.17 bits per heavy atom. The van der Waals surface area contributed by atoms with Crippen LogP contribution in [0.5, 0.6) is 5.75 Å². The van der Waals surface area contributed by atoms with Crippen LogP contribution in [0.1, 0.15) is 93.3 Å². The average molecular weight is 588 g/mol. The van der Waals surface area contributed by atoms with Crippen molar-refractivity contribution < 1.29 is 33.7 Å². The number of urea groups is 1. The molecular weight excluding hydrogens is 538 g/mol. The summed E-state index contributed by atoms with van der Waals surface area (Å²) >= 11 is 0. The molecule has 1 aromatic rings. The number of aliphatic carboxylic acids is 1. The van der Waals surface area contributed by atoms with Gasteiger partial charge in [-0.1, -0.05) is 51.7 Å². The van der Waals surface area contributed by atoms with E-state index in [9.17, 15) is 19.5 Å². The van der Waals surface area contributed by atoms with E-state index in [2.05, 4.69) is 11.8 Å². The molecular formula is C32H49N3O7. The van der Waals surface area contributed by atoms with Gasteiger partial charge in [0, 0.05) is 36.3 Å². The number of carbonyl (C=O) groups excluding carboxylic acids is 2. The summed E-state index contributed by atoms with van der Waals surface area (Å²) in [7, 11) is 1.58. The number of fused-ring (bicyclic) bond motifs is 1. The van der Waals surface area contributed by atoms with Crippen LogP contribution >= 0.6 is 0 Å². The fourth-order valence-corrected chi connectivity index (χ4v) is 6.55. The topological polar surface area (TPSA) is 132 Å². The van der Waals surface area contributed by atoms with Crippen molar-refractivity contribution in [2.24, 2.45) is 11.7 Å². The van der Waals surface area contributed by atoms with Gasteiger partial charge in [0.2, 0.25) is 0 Å². The Kier molecular flexibility index (Phi) is 12.2. The lowest BCUT2D eigenvalue weighted by molar-refractivity contribution is -0.144. The normalized spacial score (nSPS) is 17.8. The molecule has 3 N–H and O–H groups in total. The molecule has 0 bridgehead atoms. The number of hydrogen-bond donors (Lipinski definition) is 2. The smallest absolute Gasteiger partial charge is 0.341 e. The fourth-order valence-electron chi connectivity index (χ4n) is 6.55. The van der Waals surface area contributed by atoms with Crippen LogP contribution in [0.15, 0.2) is 11.6 Å². The van der Waals surface area contributed by atoms with Crippen molar-refractivity contribution in [3.8, 4) is 5.75 Å². The largest absolute Gasteiger partial charge is 0.496 e. The van der Waals surface area contributed by atoms with Crippen molar-refractivity contribution in [2.45, 2.75) is 98.3 Å². The van der Waals surface area contributed by atoms with Crippen molar-refractivity contribution in [1.29, 1.82) is 0 Å².